The molecule has 2 amide bonds. The van der Waals surface area contributed by atoms with Gasteiger partial charge in [0.1, 0.15) is 0 Å². The maximum absolute atomic E-state index is 12.2. The molecule has 0 saturated carbocycles. The first-order valence-electron chi connectivity index (χ1n) is 5.95. The number of cyclic esters (lactones) is 1. The third kappa shape index (κ3) is 2.53. The Morgan fingerprint density at radius 1 is 1.17 bits per heavy atom. The van der Waals surface area contributed by atoms with Gasteiger partial charge in [-0.3, -0.25) is 4.79 Å². The molecule has 4 heteroatoms. The Labute approximate surface area is 107 Å². The predicted molar refractivity (Wildman–Crippen MR) is 66.8 cm³/mol. The lowest BCUT2D eigenvalue weighted by Gasteiger charge is -2.22. The summed E-state index contributed by atoms with van der Waals surface area (Å²) in [7, 11) is 0. The Bertz CT molecular complexity index is 462. The van der Waals surface area contributed by atoms with Crippen molar-refractivity contribution in [1.82, 2.24) is 4.90 Å². The molecule has 0 bridgehead atoms. The Hall–Kier alpha value is -1.84. The van der Waals surface area contributed by atoms with Crippen molar-refractivity contribution in [3.8, 4) is 0 Å². The van der Waals surface area contributed by atoms with Crippen molar-refractivity contribution < 1.29 is 14.3 Å². The van der Waals surface area contributed by atoms with Crippen LogP contribution >= 0.6 is 0 Å². The van der Waals surface area contributed by atoms with Crippen molar-refractivity contribution >= 4 is 12.0 Å². The second-order valence-corrected chi connectivity index (χ2v) is 5.66. The Kier molecular flexibility index (Phi) is 3.11. The molecular formula is C14H17NO3. The summed E-state index contributed by atoms with van der Waals surface area (Å²) in [4.78, 5) is 25.1. The first kappa shape index (κ1) is 12.6. The lowest BCUT2D eigenvalue weighted by Crippen LogP contribution is -2.36. The third-order valence-electron chi connectivity index (χ3n) is 2.66. The minimum Gasteiger partial charge on any atom is -0.431 e. The SMILES string of the molecule is CC(C)(C)CN1C(=O)OC(c2ccccc2)C1=O. The number of imide groups is 1. The first-order valence-corrected chi connectivity index (χ1v) is 5.95. The molecule has 0 spiro atoms. The number of carbonyl (C=O) groups is 2. The summed E-state index contributed by atoms with van der Waals surface area (Å²) in [5, 5.41) is 0. The van der Waals surface area contributed by atoms with Crippen molar-refractivity contribution in [3.63, 3.8) is 0 Å². The van der Waals surface area contributed by atoms with Gasteiger partial charge in [-0.05, 0) is 5.41 Å². The zero-order chi connectivity index (χ0) is 13.3. The smallest absolute Gasteiger partial charge is 0.417 e. The van der Waals surface area contributed by atoms with Crippen LogP contribution < -0.4 is 0 Å². The fourth-order valence-corrected chi connectivity index (χ4v) is 1.90. The molecule has 1 aliphatic rings. The Morgan fingerprint density at radius 3 is 2.33 bits per heavy atom. The molecule has 1 aliphatic heterocycles. The van der Waals surface area contributed by atoms with Crippen molar-refractivity contribution in [1.29, 1.82) is 0 Å². The van der Waals surface area contributed by atoms with Crippen LogP contribution in [0.25, 0.3) is 0 Å². The number of benzene rings is 1. The highest BCUT2D eigenvalue weighted by atomic mass is 16.6. The number of carbonyl (C=O) groups excluding carboxylic acids is 2. The van der Waals surface area contributed by atoms with E-state index >= 15 is 0 Å². The van der Waals surface area contributed by atoms with E-state index in [2.05, 4.69) is 0 Å². The molecule has 1 aromatic carbocycles. The van der Waals surface area contributed by atoms with E-state index in [1.54, 1.807) is 12.1 Å². The number of rotatable bonds is 2. The molecule has 0 radical (unpaired) electrons. The van der Waals surface area contributed by atoms with Gasteiger partial charge in [-0.1, -0.05) is 51.1 Å². The van der Waals surface area contributed by atoms with Crippen molar-refractivity contribution in [2.24, 2.45) is 5.41 Å². The minimum absolute atomic E-state index is 0.139. The van der Waals surface area contributed by atoms with E-state index in [9.17, 15) is 9.59 Å². The molecule has 4 nitrogen and oxygen atoms in total. The minimum atomic E-state index is -0.791. The molecule has 2 rings (SSSR count). The lowest BCUT2D eigenvalue weighted by molar-refractivity contribution is -0.130. The van der Waals surface area contributed by atoms with Crippen molar-refractivity contribution in [2.45, 2.75) is 26.9 Å². The van der Waals surface area contributed by atoms with Gasteiger partial charge >= 0.3 is 6.09 Å². The van der Waals surface area contributed by atoms with Crippen LogP contribution in [0.2, 0.25) is 0 Å². The summed E-state index contributed by atoms with van der Waals surface area (Å²) in [6, 6.07) is 9.08. The Morgan fingerprint density at radius 2 is 1.78 bits per heavy atom. The summed E-state index contributed by atoms with van der Waals surface area (Å²) >= 11 is 0. The average Bonchev–Trinajstić information content (AvgIpc) is 2.56. The number of amides is 2. The van der Waals surface area contributed by atoms with Crippen LogP contribution in [0, 0.1) is 5.41 Å². The molecule has 1 heterocycles. The number of ether oxygens (including phenoxy) is 1. The lowest BCUT2D eigenvalue weighted by atomic mass is 9.96. The van der Waals surface area contributed by atoms with E-state index in [-0.39, 0.29) is 11.3 Å². The maximum Gasteiger partial charge on any atom is 0.417 e. The summed E-state index contributed by atoms with van der Waals surface area (Å²) in [5.41, 5.74) is 0.576. The second kappa shape index (κ2) is 4.44. The largest absolute Gasteiger partial charge is 0.431 e. The van der Waals surface area contributed by atoms with Crippen molar-refractivity contribution in [2.75, 3.05) is 6.54 Å². The van der Waals surface area contributed by atoms with Crippen LogP contribution in [0.1, 0.15) is 32.4 Å². The van der Waals surface area contributed by atoms with E-state index in [0.29, 0.717) is 12.1 Å². The molecule has 96 valence electrons. The summed E-state index contributed by atoms with van der Waals surface area (Å²) in [5.74, 6) is -0.277. The van der Waals surface area contributed by atoms with Crippen LogP contribution in [-0.2, 0) is 9.53 Å². The summed E-state index contributed by atoms with van der Waals surface area (Å²) in [6.07, 6.45) is -1.34. The van der Waals surface area contributed by atoms with Crippen LogP contribution in [0.5, 0.6) is 0 Å². The second-order valence-electron chi connectivity index (χ2n) is 5.66. The van der Waals surface area contributed by atoms with Crippen LogP contribution in [-0.4, -0.2) is 23.4 Å². The maximum atomic E-state index is 12.2. The molecule has 18 heavy (non-hydrogen) atoms. The molecular weight excluding hydrogens is 230 g/mol. The van der Waals surface area contributed by atoms with Crippen LogP contribution in [0.4, 0.5) is 4.79 Å². The summed E-state index contributed by atoms with van der Waals surface area (Å²) in [6.45, 7) is 6.30. The quantitative estimate of drug-likeness (QED) is 0.807. The van der Waals surface area contributed by atoms with Gasteiger partial charge in [-0.25, -0.2) is 9.69 Å². The van der Waals surface area contributed by atoms with Crippen LogP contribution in [0.3, 0.4) is 0 Å². The molecule has 1 aromatic rings. The monoisotopic (exact) mass is 247 g/mol. The van der Waals surface area contributed by atoms with Gasteiger partial charge in [0.05, 0.1) is 0 Å². The van der Waals surface area contributed by atoms with E-state index < -0.39 is 12.2 Å². The molecule has 0 aliphatic carbocycles. The van der Waals surface area contributed by atoms with Gasteiger partial charge in [0.2, 0.25) is 6.10 Å². The third-order valence-corrected chi connectivity index (χ3v) is 2.66. The molecule has 0 aromatic heterocycles. The van der Waals surface area contributed by atoms with E-state index in [1.807, 2.05) is 39.0 Å². The van der Waals surface area contributed by atoms with E-state index in [4.69, 9.17) is 4.74 Å². The standard InChI is InChI=1S/C14H17NO3/c1-14(2,3)9-15-12(16)11(18-13(15)17)10-7-5-4-6-8-10/h4-8,11H,9H2,1-3H3. The van der Waals surface area contributed by atoms with Gasteiger partial charge in [0, 0.05) is 12.1 Å². The average molecular weight is 247 g/mol. The topological polar surface area (TPSA) is 46.6 Å². The molecule has 1 atom stereocenters. The highest BCUT2D eigenvalue weighted by Crippen LogP contribution is 2.29. The predicted octanol–water partition coefficient (Wildman–Crippen LogP) is 2.75. The van der Waals surface area contributed by atoms with E-state index in [1.165, 1.54) is 4.90 Å². The highest BCUT2D eigenvalue weighted by Gasteiger charge is 2.42. The van der Waals surface area contributed by atoms with Gasteiger partial charge < -0.3 is 4.74 Å². The van der Waals surface area contributed by atoms with Crippen LogP contribution in [0.15, 0.2) is 30.3 Å². The molecule has 1 saturated heterocycles. The Balaban J connectivity index is 2.20. The molecule has 0 N–H and O–H groups in total. The zero-order valence-corrected chi connectivity index (χ0v) is 10.8. The van der Waals surface area contributed by atoms with Gasteiger partial charge in [-0.2, -0.15) is 0 Å². The summed E-state index contributed by atoms with van der Waals surface area (Å²) < 4.78 is 5.16. The van der Waals surface area contributed by atoms with Gasteiger partial charge in [0.15, 0.2) is 0 Å². The van der Waals surface area contributed by atoms with E-state index in [0.717, 1.165) is 0 Å². The number of nitrogens with zero attached hydrogens (tertiary/aromatic N) is 1. The first-order chi connectivity index (χ1) is 8.38. The fourth-order valence-electron chi connectivity index (χ4n) is 1.90. The van der Waals surface area contributed by atoms with Gasteiger partial charge in [-0.15, -0.1) is 0 Å². The van der Waals surface area contributed by atoms with Crippen molar-refractivity contribution in [3.05, 3.63) is 35.9 Å². The number of hydrogen-bond acceptors (Lipinski definition) is 3. The fraction of sp³-hybridized carbons (Fsp3) is 0.429. The molecule has 1 unspecified atom stereocenters. The highest BCUT2D eigenvalue weighted by molar-refractivity contribution is 6.00. The molecule has 1 fully saturated rings. The normalized spacial score (nSPS) is 20.2. The number of hydrogen-bond donors (Lipinski definition) is 0. The zero-order valence-electron chi connectivity index (χ0n) is 10.8. The van der Waals surface area contributed by atoms with Gasteiger partial charge in [0.25, 0.3) is 5.91 Å².